The van der Waals surface area contributed by atoms with Crippen LogP contribution in [0.3, 0.4) is 0 Å². The van der Waals surface area contributed by atoms with Crippen molar-refractivity contribution in [3.05, 3.63) is 0 Å². The average Bonchev–Trinajstić information content (AvgIpc) is 2.74. The van der Waals surface area contributed by atoms with Gasteiger partial charge in [0.25, 0.3) is 0 Å². The Hall–Kier alpha value is -0.260. The van der Waals surface area contributed by atoms with Crippen LogP contribution in [-0.2, 0) is 4.79 Å². The molecule has 0 aromatic rings. The van der Waals surface area contributed by atoms with E-state index in [0.29, 0.717) is 0 Å². The fourth-order valence-electron chi connectivity index (χ4n) is 2.67. The second kappa shape index (κ2) is 5.16. The quantitative estimate of drug-likeness (QED) is 0.800. The summed E-state index contributed by atoms with van der Waals surface area (Å²) in [6.45, 7) is 0.863. The Morgan fingerprint density at radius 2 is 2.12 bits per heavy atom. The number of carbonyl (C=O) groups excluding carboxylic acids is 1. The molecule has 0 aromatic carbocycles. The van der Waals surface area contributed by atoms with Gasteiger partial charge in [-0.3, -0.25) is 10.1 Å². The summed E-state index contributed by atoms with van der Waals surface area (Å²) >= 11 is 1.80. The fraction of sp³-hybridized carbons (Fsp3) is 0.917. The smallest absolute Gasteiger partial charge is 0.240 e. The van der Waals surface area contributed by atoms with E-state index < -0.39 is 0 Å². The molecule has 2 fully saturated rings. The molecule has 1 N–H and O–H groups in total. The second-order valence-corrected chi connectivity index (χ2v) is 6.47. The number of hydrogen-bond acceptors (Lipinski definition) is 4. The Kier molecular flexibility index (Phi) is 4.00. The van der Waals surface area contributed by atoms with Crippen molar-refractivity contribution < 1.29 is 4.79 Å². The van der Waals surface area contributed by atoms with Crippen molar-refractivity contribution in [1.29, 1.82) is 0 Å². The molecule has 17 heavy (non-hydrogen) atoms. The molecular formula is C12H23N3OS. The molecule has 0 bridgehead atoms. The third-order valence-corrected chi connectivity index (χ3v) is 5.09. The van der Waals surface area contributed by atoms with Crippen LogP contribution in [-0.4, -0.2) is 66.6 Å². The number of likely N-dealkylation sites (N-methyl/N-ethyl adjacent to an activating group) is 2. The largest absolute Gasteiger partial charge is 0.343 e. The summed E-state index contributed by atoms with van der Waals surface area (Å²) in [7, 11) is 6.19. The first-order valence-electron chi connectivity index (χ1n) is 6.29. The van der Waals surface area contributed by atoms with E-state index >= 15 is 0 Å². The van der Waals surface area contributed by atoms with Gasteiger partial charge in [0.2, 0.25) is 5.91 Å². The highest BCUT2D eigenvalue weighted by molar-refractivity contribution is 7.99. The van der Waals surface area contributed by atoms with Crippen LogP contribution >= 0.6 is 11.8 Å². The minimum absolute atomic E-state index is 0.0317. The molecule has 1 unspecified atom stereocenters. The zero-order chi connectivity index (χ0) is 12.5. The van der Waals surface area contributed by atoms with E-state index in [4.69, 9.17) is 0 Å². The lowest BCUT2D eigenvalue weighted by atomic mass is 9.75. The monoisotopic (exact) mass is 257 g/mol. The lowest BCUT2D eigenvalue weighted by molar-refractivity contribution is -0.134. The van der Waals surface area contributed by atoms with Crippen molar-refractivity contribution in [2.45, 2.75) is 30.8 Å². The first-order chi connectivity index (χ1) is 8.05. The molecule has 0 radical (unpaired) electrons. The Morgan fingerprint density at radius 3 is 2.53 bits per heavy atom. The zero-order valence-electron chi connectivity index (χ0n) is 11.0. The molecule has 5 heteroatoms. The molecule has 98 valence electrons. The summed E-state index contributed by atoms with van der Waals surface area (Å²) in [5, 5.41) is 3.25. The predicted octanol–water partition coefficient (Wildman–Crippen LogP) is 0.592. The van der Waals surface area contributed by atoms with Crippen LogP contribution < -0.4 is 5.32 Å². The van der Waals surface area contributed by atoms with Gasteiger partial charge in [-0.2, -0.15) is 0 Å². The lowest BCUT2D eigenvalue weighted by Crippen LogP contribution is -2.59. The maximum atomic E-state index is 12.2. The summed E-state index contributed by atoms with van der Waals surface area (Å²) in [5.41, 5.74) is 0.232. The minimum Gasteiger partial charge on any atom is -0.343 e. The van der Waals surface area contributed by atoms with Gasteiger partial charge in [0.1, 0.15) is 0 Å². The van der Waals surface area contributed by atoms with E-state index in [1.807, 2.05) is 11.9 Å². The predicted molar refractivity (Wildman–Crippen MR) is 72.2 cm³/mol. The van der Waals surface area contributed by atoms with Crippen molar-refractivity contribution in [1.82, 2.24) is 15.1 Å². The van der Waals surface area contributed by atoms with Crippen molar-refractivity contribution in [2.75, 3.05) is 39.3 Å². The van der Waals surface area contributed by atoms with E-state index in [1.54, 1.807) is 11.8 Å². The molecule has 1 saturated heterocycles. The molecule has 1 aliphatic carbocycles. The van der Waals surface area contributed by atoms with Gasteiger partial charge in [0, 0.05) is 30.8 Å². The van der Waals surface area contributed by atoms with Gasteiger partial charge in [-0.05, 0) is 33.4 Å². The van der Waals surface area contributed by atoms with E-state index in [1.165, 1.54) is 19.3 Å². The molecular weight excluding hydrogens is 234 g/mol. The van der Waals surface area contributed by atoms with E-state index in [2.05, 4.69) is 24.3 Å². The number of carbonyl (C=O) groups is 1. The maximum Gasteiger partial charge on any atom is 0.240 e. The van der Waals surface area contributed by atoms with Crippen molar-refractivity contribution in [3.63, 3.8) is 0 Å². The Morgan fingerprint density at radius 1 is 1.41 bits per heavy atom. The second-order valence-electron chi connectivity index (χ2n) is 5.44. The highest BCUT2D eigenvalue weighted by atomic mass is 32.2. The molecule has 1 heterocycles. The standard InChI is InChI=1S/C12H23N3OS/c1-14(2)12(5-4-6-12)8-15(3)11(16)10-7-17-9-13-10/h10,13H,4-9H2,1-3H3. The SMILES string of the molecule is CN(CC1(N(C)C)CCC1)C(=O)C1CSCN1. The van der Waals surface area contributed by atoms with Gasteiger partial charge in [-0.15, -0.1) is 11.8 Å². The van der Waals surface area contributed by atoms with E-state index in [-0.39, 0.29) is 17.5 Å². The molecule has 4 nitrogen and oxygen atoms in total. The van der Waals surface area contributed by atoms with Gasteiger partial charge in [-0.1, -0.05) is 0 Å². The van der Waals surface area contributed by atoms with Gasteiger partial charge in [0.05, 0.1) is 6.04 Å². The first-order valence-corrected chi connectivity index (χ1v) is 7.44. The van der Waals surface area contributed by atoms with Crippen LogP contribution in [0.15, 0.2) is 0 Å². The molecule has 2 rings (SSSR count). The van der Waals surface area contributed by atoms with E-state index in [9.17, 15) is 4.79 Å². The van der Waals surface area contributed by atoms with Gasteiger partial charge in [0.15, 0.2) is 0 Å². The molecule has 2 aliphatic rings. The normalized spacial score (nSPS) is 26.9. The highest BCUT2D eigenvalue weighted by Crippen LogP contribution is 2.36. The molecule has 0 aromatic heterocycles. The van der Waals surface area contributed by atoms with Gasteiger partial charge >= 0.3 is 0 Å². The highest BCUT2D eigenvalue weighted by Gasteiger charge is 2.41. The van der Waals surface area contributed by atoms with Crippen LogP contribution in [0.5, 0.6) is 0 Å². The number of nitrogens with one attached hydrogen (secondary N) is 1. The number of hydrogen-bond donors (Lipinski definition) is 1. The lowest BCUT2D eigenvalue weighted by Gasteiger charge is -2.49. The van der Waals surface area contributed by atoms with Crippen LogP contribution in [0, 0.1) is 0 Å². The van der Waals surface area contributed by atoms with Crippen molar-refractivity contribution in [2.24, 2.45) is 0 Å². The molecule has 1 saturated carbocycles. The number of nitrogens with zero attached hydrogens (tertiary/aromatic N) is 2. The number of thioether (sulfide) groups is 1. The van der Waals surface area contributed by atoms with Crippen LogP contribution in [0.25, 0.3) is 0 Å². The molecule has 1 amide bonds. The maximum absolute atomic E-state index is 12.2. The molecule has 0 spiro atoms. The van der Waals surface area contributed by atoms with Crippen LogP contribution in [0.1, 0.15) is 19.3 Å². The Bertz CT molecular complexity index is 285. The number of rotatable bonds is 4. The summed E-state index contributed by atoms with van der Waals surface area (Å²) in [6.07, 6.45) is 3.71. The van der Waals surface area contributed by atoms with Crippen molar-refractivity contribution in [3.8, 4) is 0 Å². The fourth-order valence-corrected chi connectivity index (χ4v) is 3.60. The van der Waals surface area contributed by atoms with Crippen LogP contribution in [0.2, 0.25) is 0 Å². The third kappa shape index (κ3) is 2.61. The Labute approximate surface area is 108 Å². The first kappa shape index (κ1) is 13.2. The summed E-state index contributed by atoms with van der Waals surface area (Å²) in [5.74, 6) is 2.07. The summed E-state index contributed by atoms with van der Waals surface area (Å²) in [4.78, 5) is 16.4. The Balaban J connectivity index is 1.91. The van der Waals surface area contributed by atoms with Gasteiger partial charge in [-0.25, -0.2) is 0 Å². The van der Waals surface area contributed by atoms with Crippen molar-refractivity contribution >= 4 is 17.7 Å². The summed E-state index contributed by atoms with van der Waals surface area (Å²) in [6, 6.07) is 0.0317. The van der Waals surface area contributed by atoms with E-state index in [0.717, 1.165) is 18.2 Å². The molecule has 1 atom stereocenters. The average molecular weight is 257 g/mol. The van der Waals surface area contributed by atoms with Gasteiger partial charge < -0.3 is 9.80 Å². The molecule has 1 aliphatic heterocycles. The topological polar surface area (TPSA) is 35.6 Å². The number of amides is 1. The minimum atomic E-state index is 0.0317. The summed E-state index contributed by atoms with van der Waals surface area (Å²) < 4.78 is 0. The van der Waals surface area contributed by atoms with Crippen LogP contribution in [0.4, 0.5) is 0 Å². The third-order valence-electron chi connectivity index (χ3n) is 4.16. The zero-order valence-corrected chi connectivity index (χ0v) is 11.8.